The van der Waals surface area contributed by atoms with Crippen LogP contribution in [0.3, 0.4) is 0 Å². The number of rotatable bonds is 3. The van der Waals surface area contributed by atoms with Crippen molar-refractivity contribution in [3.63, 3.8) is 0 Å². The minimum atomic E-state index is -0.256. The average molecular weight is 261 g/mol. The summed E-state index contributed by atoms with van der Waals surface area (Å²) in [6, 6.07) is 8.05. The summed E-state index contributed by atoms with van der Waals surface area (Å²) in [5, 5.41) is 9.57. The fourth-order valence-electron chi connectivity index (χ4n) is 2.71. The molecule has 3 heteroatoms. The summed E-state index contributed by atoms with van der Waals surface area (Å²) in [5.41, 5.74) is 2.29. The lowest BCUT2D eigenvalue weighted by Gasteiger charge is -2.33. The molecule has 1 aliphatic rings. The van der Waals surface area contributed by atoms with Gasteiger partial charge >= 0.3 is 0 Å². The molecule has 1 atom stereocenters. The summed E-state index contributed by atoms with van der Waals surface area (Å²) in [6.45, 7) is 5.44. The van der Waals surface area contributed by atoms with E-state index in [1.807, 2.05) is 43.0 Å². The smallest absolute Gasteiger partial charge is 0.226 e. The van der Waals surface area contributed by atoms with Crippen LogP contribution in [0.5, 0.6) is 0 Å². The van der Waals surface area contributed by atoms with E-state index < -0.39 is 0 Å². The van der Waals surface area contributed by atoms with E-state index in [9.17, 15) is 9.90 Å². The zero-order chi connectivity index (χ0) is 13.8. The average Bonchev–Trinajstić information content (AvgIpc) is 2.41. The van der Waals surface area contributed by atoms with Gasteiger partial charge in [-0.2, -0.15) is 0 Å². The molecule has 19 heavy (non-hydrogen) atoms. The number of aryl methyl sites for hydroxylation is 1. The molecule has 104 valence electrons. The summed E-state index contributed by atoms with van der Waals surface area (Å²) >= 11 is 0. The number of hydrogen-bond donors (Lipinski definition) is 1. The third-order valence-corrected chi connectivity index (χ3v) is 4.18. The van der Waals surface area contributed by atoms with Gasteiger partial charge in [0, 0.05) is 13.1 Å². The number of aliphatic hydroxyl groups excluding tert-OH is 1. The molecule has 1 aromatic rings. The molecule has 1 heterocycles. The molecule has 2 rings (SSSR count). The molecule has 1 saturated heterocycles. The predicted molar refractivity (Wildman–Crippen MR) is 75.9 cm³/mol. The highest BCUT2D eigenvalue weighted by Crippen LogP contribution is 2.21. The van der Waals surface area contributed by atoms with Crippen LogP contribution in [-0.4, -0.2) is 35.1 Å². The first-order valence-corrected chi connectivity index (χ1v) is 7.08. The number of benzene rings is 1. The Morgan fingerprint density at radius 1 is 1.37 bits per heavy atom. The second-order valence-corrected chi connectivity index (χ2v) is 5.56. The van der Waals surface area contributed by atoms with Gasteiger partial charge in [0.1, 0.15) is 0 Å². The summed E-state index contributed by atoms with van der Waals surface area (Å²) in [6.07, 6.45) is 2.06. The van der Waals surface area contributed by atoms with Crippen LogP contribution in [0.1, 0.15) is 30.9 Å². The number of nitrogens with zero attached hydrogens (tertiary/aromatic N) is 1. The molecular formula is C16H23NO2. The maximum Gasteiger partial charge on any atom is 0.226 e. The van der Waals surface area contributed by atoms with E-state index in [-0.39, 0.29) is 12.0 Å². The highest BCUT2D eigenvalue weighted by atomic mass is 16.3. The lowest BCUT2D eigenvalue weighted by Crippen LogP contribution is -2.41. The number of aliphatic hydroxyl groups is 1. The van der Waals surface area contributed by atoms with Gasteiger partial charge < -0.3 is 10.0 Å². The normalized spacial score (nSPS) is 18.4. The SMILES string of the molecule is Cc1ccccc1CC(=O)N1CCC(C(C)O)CC1. The van der Waals surface area contributed by atoms with Gasteiger partial charge in [0.2, 0.25) is 5.91 Å². The van der Waals surface area contributed by atoms with E-state index in [0.717, 1.165) is 31.5 Å². The molecule has 1 fully saturated rings. The quantitative estimate of drug-likeness (QED) is 0.905. The summed E-state index contributed by atoms with van der Waals surface area (Å²) < 4.78 is 0. The van der Waals surface area contributed by atoms with Gasteiger partial charge in [-0.1, -0.05) is 24.3 Å². The largest absolute Gasteiger partial charge is 0.393 e. The Bertz CT molecular complexity index is 434. The van der Waals surface area contributed by atoms with Crippen molar-refractivity contribution in [2.75, 3.05) is 13.1 Å². The van der Waals surface area contributed by atoms with Crippen molar-refractivity contribution in [2.45, 2.75) is 39.2 Å². The topological polar surface area (TPSA) is 40.5 Å². The van der Waals surface area contributed by atoms with Crippen molar-refractivity contribution in [3.05, 3.63) is 35.4 Å². The Labute approximate surface area is 115 Å². The molecule has 1 amide bonds. The molecule has 0 spiro atoms. The van der Waals surface area contributed by atoms with Crippen LogP contribution in [0, 0.1) is 12.8 Å². The minimum absolute atomic E-state index is 0.207. The molecule has 3 nitrogen and oxygen atoms in total. The van der Waals surface area contributed by atoms with Crippen molar-refractivity contribution in [1.82, 2.24) is 4.90 Å². The van der Waals surface area contributed by atoms with Gasteiger partial charge in [0.15, 0.2) is 0 Å². The van der Waals surface area contributed by atoms with Crippen LogP contribution in [0.4, 0.5) is 0 Å². The molecule has 1 unspecified atom stereocenters. The molecule has 0 aliphatic carbocycles. The molecule has 1 N–H and O–H groups in total. The highest BCUT2D eigenvalue weighted by Gasteiger charge is 2.25. The van der Waals surface area contributed by atoms with Crippen molar-refractivity contribution in [1.29, 1.82) is 0 Å². The minimum Gasteiger partial charge on any atom is -0.393 e. The summed E-state index contributed by atoms with van der Waals surface area (Å²) in [5.74, 6) is 0.556. The number of amides is 1. The molecule has 0 bridgehead atoms. The fourth-order valence-corrected chi connectivity index (χ4v) is 2.71. The van der Waals surface area contributed by atoms with Gasteiger partial charge in [0.05, 0.1) is 12.5 Å². The number of likely N-dealkylation sites (tertiary alicyclic amines) is 1. The zero-order valence-corrected chi connectivity index (χ0v) is 11.8. The Balaban J connectivity index is 1.90. The monoisotopic (exact) mass is 261 g/mol. The Morgan fingerprint density at radius 2 is 2.00 bits per heavy atom. The standard InChI is InChI=1S/C16H23NO2/c1-12-5-3-4-6-15(12)11-16(19)17-9-7-14(8-10-17)13(2)18/h3-6,13-14,18H,7-11H2,1-2H3. The van der Waals surface area contributed by atoms with E-state index in [1.54, 1.807) is 0 Å². The lowest BCUT2D eigenvalue weighted by molar-refractivity contribution is -0.132. The molecule has 1 aliphatic heterocycles. The molecule has 0 saturated carbocycles. The van der Waals surface area contributed by atoms with E-state index in [4.69, 9.17) is 0 Å². The van der Waals surface area contributed by atoms with Gasteiger partial charge in [-0.05, 0) is 43.7 Å². The van der Waals surface area contributed by atoms with E-state index in [1.165, 1.54) is 5.56 Å². The van der Waals surface area contributed by atoms with Crippen LogP contribution in [0.25, 0.3) is 0 Å². The Morgan fingerprint density at radius 3 is 2.58 bits per heavy atom. The molecular weight excluding hydrogens is 238 g/mol. The van der Waals surface area contributed by atoms with Crippen molar-refractivity contribution in [2.24, 2.45) is 5.92 Å². The third kappa shape index (κ3) is 3.57. The van der Waals surface area contributed by atoms with Gasteiger partial charge in [-0.15, -0.1) is 0 Å². The first-order valence-electron chi connectivity index (χ1n) is 7.08. The predicted octanol–water partition coefficient (Wildman–Crippen LogP) is 2.16. The van der Waals surface area contributed by atoms with Gasteiger partial charge in [0.25, 0.3) is 0 Å². The lowest BCUT2D eigenvalue weighted by atomic mass is 9.92. The van der Waals surface area contributed by atoms with Crippen LogP contribution in [-0.2, 0) is 11.2 Å². The second kappa shape index (κ2) is 6.20. The molecule has 0 aromatic heterocycles. The second-order valence-electron chi connectivity index (χ2n) is 5.56. The Kier molecular flexibility index (Phi) is 4.59. The Hall–Kier alpha value is -1.35. The van der Waals surface area contributed by atoms with E-state index in [0.29, 0.717) is 12.3 Å². The van der Waals surface area contributed by atoms with Crippen molar-refractivity contribution < 1.29 is 9.90 Å². The zero-order valence-electron chi connectivity index (χ0n) is 11.8. The van der Waals surface area contributed by atoms with Crippen LogP contribution >= 0.6 is 0 Å². The van der Waals surface area contributed by atoms with Crippen molar-refractivity contribution in [3.8, 4) is 0 Å². The van der Waals surface area contributed by atoms with E-state index >= 15 is 0 Å². The summed E-state index contributed by atoms with van der Waals surface area (Å²) in [4.78, 5) is 14.2. The number of carbonyl (C=O) groups is 1. The maximum atomic E-state index is 12.3. The van der Waals surface area contributed by atoms with Gasteiger partial charge in [-0.25, -0.2) is 0 Å². The van der Waals surface area contributed by atoms with Crippen LogP contribution < -0.4 is 0 Å². The van der Waals surface area contributed by atoms with E-state index in [2.05, 4.69) is 0 Å². The van der Waals surface area contributed by atoms with Crippen LogP contribution in [0.2, 0.25) is 0 Å². The fraction of sp³-hybridized carbons (Fsp3) is 0.562. The number of hydrogen-bond acceptors (Lipinski definition) is 2. The van der Waals surface area contributed by atoms with Crippen LogP contribution in [0.15, 0.2) is 24.3 Å². The molecule has 1 aromatic carbocycles. The van der Waals surface area contributed by atoms with Crippen molar-refractivity contribution >= 4 is 5.91 Å². The number of carbonyl (C=O) groups excluding carboxylic acids is 1. The highest BCUT2D eigenvalue weighted by molar-refractivity contribution is 5.79. The third-order valence-electron chi connectivity index (χ3n) is 4.18. The first-order chi connectivity index (χ1) is 9.08. The number of piperidine rings is 1. The van der Waals surface area contributed by atoms with Gasteiger partial charge in [-0.3, -0.25) is 4.79 Å². The maximum absolute atomic E-state index is 12.3. The summed E-state index contributed by atoms with van der Waals surface area (Å²) in [7, 11) is 0. The molecule has 0 radical (unpaired) electrons. The first kappa shape index (κ1) is 14.1.